The van der Waals surface area contributed by atoms with Crippen molar-refractivity contribution in [3.8, 4) is 11.8 Å². The number of rotatable bonds is 6. The van der Waals surface area contributed by atoms with Gasteiger partial charge in [-0.05, 0) is 59.5 Å². The molecule has 1 N–H and O–H groups in total. The zero-order valence-electron chi connectivity index (χ0n) is 15.8. The quantitative estimate of drug-likeness (QED) is 0.413. The lowest BCUT2D eigenvalue weighted by molar-refractivity contribution is -0.759. The van der Waals surface area contributed by atoms with Crippen molar-refractivity contribution >= 4 is 5.71 Å². The van der Waals surface area contributed by atoms with Gasteiger partial charge >= 0.3 is 0 Å². The van der Waals surface area contributed by atoms with Crippen molar-refractivity contribution in [3.05, 3.63) is 101 Å². The highest BCUT2D eigenvalue weighted by Gasteiger charge is 2.18. The van der Waals surface area contributed by atoms with Crippen LogP contribution in [-0.4, -0.2) is 10.7 Å². The van der Waals surface area contributed by atoms with Crippen LogP contribution in [0.2, 0.25) is 0 Å². The Kier molecular flexibility index (Phi) is 5.80. The summed E-state index contributed by atoms with van der Waals surface area (Å²) in [5.74, 6) is 7.19. The van der Waals surface area contributed by atoms with Crippen molar-refractivity contribution in [1.29, 1.82) is 0 Å². The maximum atomic E-state index is 5.79. The van der Waals surface area contributed by atoms with E-state index in [4.69, 9.17) is 4.84 Å². The Labute approximate surface area is 166 Å². The predicted octanol–water partition coefficient (Wildman–Crippen LogP) is 3.09. The van der Waals surface area contributed by atoms with Gasteiger partial charge in [-0.3, -0.25) is 9.82 Å². The first-order valence-corrected chi connectivity index (χ1v) is 9.65. The summed E-state index contributed by atoms with van der Waals surface area (Å²) < 4.78 is 0. The zero-order valence-corrected chi connectivity index (χ0v) is 15.8. The fourth-order valence-corrected chi connectivity index (χ4v) is 2.85. The highest BCUT2D eigenvalue weighted by atomic mass is 16.6. The molecular formula is C25H23N2O+. The van der Waals surface area contributed by atoms with E-state index in [9.17, 15) is 0 Å². The minimum absolute atomic E-state index is 0.502. The molecule has 1 aliphatic rings. The molecule has 3 aromatic rings. The molecule has 138 valence electrons. The molecule has 0 spiro atoms. The number of hydrogen-bond donors (Lipinski definition) is 1. The average Bonchev–Trinajstić information content (AvgIpc) is 3.58. The second kappa shape index (κ2) is 9.01. The molecule has 0 amide bonds. The summed E-state index contributed by atoms with van der Waals surface area (Å²) in [6.07, 6.45) is 6.88. The normalized spacial score (nSPS) is 13.5. The van der Waals surface area contributed by atoms with Crippen LogP contribution in [0.25, 0.3) is 0 Å². The van der Waals surface area contributed by atoms with Gasteiger partial charge in [0.15, 0.2) is 6.61 Å². The van der Waals surface area contributed by atoms with E-state index in [0.717, 1.165) is 34.4 Å². The van der Waals surface area contributed by atoms with Crippen molar-refractivity contribution in [3.63, 3.8) is 0 Å². The summed E-state index contributed by atoms with van der Waals surface area (Å²) >= 11 is 0. The molecule has 1 saturated carbocycles. The lowest BCUT2D eigenvalue weighted by atomic mass is 10.0. The van der Waals surface area contributed by atoms with Crippen LogP contribution in [0.4, 0.5) is 0 Å². The van der Waals surface area contributed by atoms with Gasteiger partial charge in [-0.15, -0.1) is 0 Å². The molecule has 0 unspecified atom stereocenters. The number of nitrogens with zero attached hydrogens (tertiary/aromatic N) is 1. The van der Waals surface area contributed by atoms with Gasteiger partial charge in [0.25, 0.3) is 0 Å². The summed E-state index contributed by atoms with van der Waals surface area (Å²) in [6, 6.07) is 22.5. The smallest absolute Gasteiger partial charge is 0.236 e. The Morgan fingerprint density at radius 3 is 2.46 bits per heavy atom. The molecule has 3 nitrogen and oxygen atoms in total. The first-order valence-electron chi connectivity index (χ1n) is 9.65. The van der Waals surface area contributed by atoms with E-state index in [1.165, 1.54) is 12.8 Å². The molecule has 0 aliphatic heterocycles. The number of benzene rings is 2. The Morgan fingerprint density at radius 2 is 1.75 bits per heavy atom. The Balaban J connectivity index is 1.51. The van der Waals surface area contributed by atoms with E-state index in [0.29, 0.717) is 12.5 Å². The van der Waals surface area contributed by atoms with Crippen molar-refractivity contribution < 1.29 is 9.99 Å². The standard InChI is InChI=1S/C25H22N2O/c1-2-5-22(6-3-1)19-28-27-25(17-23-7-4-16-26-18-23)24-14-12-21(13-15-24)11-10-20-8-9-20/h1-7,12-16,18,20H,8-9,17,19H2/p+1/b27-25+. The molecule has 0 bridgehead atoms. The Hall–Kier alpha value is -3.38. The van der Waals surface area contributed by atoms with Crippen LogP contribution < -0.4 is 5.16 Å². The fourth-order valence-electron chi connectivity index (χ4n) is 2.85. The lowest BCUT2D eigenvalue weighted by Gasteiger charge is -2.03. The van der Waals surface area contributed by atoms with Crippen LogP contribution in [0, 0.1) is 17.8 Å². The first kappa shape index (κ1) is 18.0. The van der Waals surface area contributed by atoms with Gasteiger partial charge in [0.1, 0.15) is 0 Å². The molecule has 1 aromatic heterocycles. The van der Waals surface area contributed by atoms with Gasteiger partial charge in [-0.2, -0.15) is 0 Å². The monoisotopic (exact) mass is 367 g/mol. The van der Waals surface area contributed by atoms with Crippen molar-refractivity contribution in [2.75, 3.05) is 0 Å². The number of hydrogen-bond acceptors (Lipinski definition) is 2. The SMILES string of the molecule is C(#CC1CC1)c1ccc(/C(Cc2cccnc2)=[NH+]/OCc2ccccc2)cc1. The van der Waals surface area contributed by atoms with Gasteiger partial charge in [-0.1, -0.05) is 48.2 Å². The van der Waals surface area contributed by atoms with Crippen LogP contribution in [0.1, 0.15) is 35.1 Å². The summed E-state index contributed by atoms with van der Waals surface area (Å²) in [6.45, 7) is 0.502. The number of nitrogens with one attached hydrogen (secondary N) is 1. The Morgan fingerprint density at radius 1 is 0.964 bits per heavy atom. The second-order valence-corrected chi connectivity index (χ2v) is 7.01. The summed E-state index contributed by atoms with van der Waals surface area (Å²) in [5.41, 5.74) is 5.41. The van der Waals surface area contributed by atoms with Crippen molar-refractivity contribution in [2.45, 2.75) is 25.9 Å². The van der Waals surface area contributed by atoms with Gasteiger partial charge in [0, 0.05) is 29.4 Å². The summed E-state index contributed by atoms with van der Waals surface area (Å²) in [4.78, 5) is 10.0. The molecule has 0 atom stereocenters. The fraction of sp³-hybridized carbons (Fsp3) is 0.200. The maximum Gasteiger partial charge on any atom is 0.236 e. The van der Waals surface area contributed by atoms with Gasteiger partial charge in [0.2, 0.25) is 5.71 Å². The molecule has 4 rings (SSSR count). The lowest BCUT2D eigenvalue weighted by Crippen LogP contribution is -2.72. The molecule has 1 heterocycles. The highest BCUT2D eigenvalue weighted by molar-refractivity contribution is 5.97. The van der Waals surface area contributed by atoms with Gasteiger partial charge in [0.05, 0.1) is 6.42 Å². The molecule has 0 saturated heterocycles. The summed E-state index contributed by atoms with van der Waals surface area (Å²) in [5, 5.41) is 3.17. The summed E-state index contributed by atoms with van der Waals surface area (Å²) in [7, 11) is 0. The molecule has 1 aliphatic carbocycles. The Bertz CT molecular complexity index is 979. The van der Waals surface area contributed by atoms with E-state index in [-0.39, 0.29) is 0 Å². The maximum absolute atomic E-state index is 5.79. The number of pyridine rings is 1. The first-order chi connectivity index (χ1) is 13.9. The van der Waals surface area contributed by atoms with E-state index in [2.05, 4.69) is 64.4 Å². The predicted molar refractivity (Wildman–Crippen MR) is 110 cm³/mol. The van der Waals surface area contributed by atoms with Crippen LogP contribution in [0.5, 0.6) is 0 Å². The minimum Gasteiger partial charge on any atom is -0.274 e. The minimum atomic E-state index is 0.502. The zero-order chi connectivity index (χ0) is 19.0. The molecule has 28 heavy (non-hydrogen) atoms. The third kappa shape index (κ3) is 5.31. The van der Waals surface area contributed by atoms with E-state index in [1.54, 1.807) is 6.20 Å². The van der Waals surface area contributed by atoms with E-state index < -0.39 is 0 Å². The third-order valence-corrected chi connectivity index (χ3v) is 4.61. The molecule has 3 heteroatoms. The van der Waals surface area contributed by atoms with E-state index >= 15 is 0 Å². The van der Waals surface area contributed by atoms with Gasteiger partial charge in [-0.25, -0.2) is 0 Å². The van der Waals surface area contributed by atoms with Gasteiger partial charge < -0.3 is 0 Å². The van der Waals surface area contributed by atoms with Crippen molar-refractivity contribution in [2.24, 2.45) is 5.92 Å². The molecule has 1 fully saturated rings. The van der Waals surface area contributed by atoms with Crippen LogP contribution in [0.15, 0.2) is 79.1 Å². The average molecular weight is 367 g/mol. The van der Waals surface area contributed by atoms with Crippen LogP contribution in [0.3, 0.4) is 0 Å². The molecule has 0 radical (unpaired) electrons. The molecular weight excluding hydrogens is 344 g/mol. The topological polar surface area (TPSA) is 36.1 Å². The van der Waals surface area contributed by atoms with E-state index in [1.807, 2.05) is 30.5 Å². The second-order valence-electron chi connectivity index (χ2n) is 7.01. The number of aromatic nitrogens is 1. The van der Waals surface area contributed by atoms with Crippen LogP contribution >= 0.6 is 0 Å². The molecule has 2 aromatic carbocycles. The highest BCUT2D eigenvalue weighted by Crippen LogP contribution is 2.27. The third-order valence-electron chi connectivity index (χ3n) is 4.61. The van der Waals surface area contributed by atoms with Crippen LogP contribution in [-0.2, 0) is 17.9 Å². The van der Waals surface area contributed by atoms with Crippen molar-refractivity contribution in [1.82, 2.24) is 4.98 Å². The largest absolute Gasteiger partial charge is 0.274 e.